The molecular weight excluding hydrogens is 304 g/mol. The number of aliphatic carboxylic acids is 1. The van der Waals surface area contributed by atoms with Gasteiger partial charge in [-0.1, -0.05) is 23.8 Å². The highest BCUT2D eigenvalue weighted by Crippen LogP contribution is 2.24. The number of aryl methyl sites for hydroxylation is 2. The van der Waals surface area contributed by atoms with E-state index in [4.69, 9.17) is 4.74 Å². The maximum atomic E-state index is 11.8. The van der Waals surface area contributed by atoms with Gasteiger partial charge in [-0.15, -0.1) is 0 Å². The molecular formula is C19H30N2O3. The molecule has 0 saturated carbocycles. The zero-order chi connectivity index (χ0) is 17.5. The van der Waals surface area contributed by atoms with E-state index < -0.39 is 12.0 Å². The monoisotopic (exact) mass is 334 g/mol. The first-order valence-electron chi connectivity index (χ1n) is 8.79. The lowest BCUT2D eigenvalue weighted by Gasteiger charge is -2.28. The number of carboxylic acid groups (broad SMARTS) is 1. The fourth-order valence-electron chi connectivity index (χ4n) is 3.26. The Morgan fingerprint density at radius 3 is 2.67 bits per heavy atom. The second-order valence-electron chi connectivity index (χ2n) is 6.74. The van der Waals surface area contributed by atoms with Crippen molar-refractivity contribution in [1.82, 2.24) is 9.80 Å². The predicted octanol–water partition coefficient (Wildman–Crippen LogP) is 2.47. The van der Waals surface area contributed by atoms with Crippen LogP contribution in [0.15, 0.2) is 18.2 Å². The van der Waals surface area contributed by atoms with Crippen LogP contribution in [0.25, 0.3) is 0 Å². The lowest BCUT2D eigenvalue weighted by Crippen LogP contribution is -2.37. The quantitative estimate of drug-likeness (QED) is 0.740. The van der Waals surface area contributed by atoms with E-state index in [0.717, 1.165) is 68.9 Å². The fourth-order valence-corrected chi connectivity index (χ4v) is 3.26. The second-order valence-corrected chi connectivity index (χ2v) is 6.74. The van der Waals surface area contributed by atoms with Crippen molar-refractivity contribution in [1.29, 1.82) is 0 Å². The molecule has 24 heavy (non-hydrogen) atoms. The number of carbonyl (C=O) groups is 1. The highest BCUT2D eigenvalue weighted by molar-refractivity contribution is 5.76. The molecule has 0 amide bonds. The summed E-state index contributed by atoms with van der Waals surface area (Å²) in [7, 11) is 1.91. The summed E-state index contributed by atoms with van der Waals surface area (Å²) in [4.78, 5) is 16.2. The van der Waals surface area contributed by atoms with E-state index in [9.17, 15) is 9.90 Å². The summed E-state index contributed by atoms with van der Waals surface area (Å²) in [5.74, 6) is -0.778. The Kier molecular flexibility index (Phi) is 7.21. The van der Waals surface area contributed by atoms with Crippen LogP contribution in [0.5, 0.6) is 0 Å². The summed E-state index contributed by atoms with van der Waals surface area (Å²) in [5, 5.41) is 9.71. The van der Waals surface area contributed by atoms with Crippen LogP contribution in [-0.2, 0) is 9.53 Å². The van der Waals surface area contributed by atoms with Crippen LogP contribution in [-0.4, -0.2) is 67.3 Å². The summed E-state index contributed by atoms with van der Waals surface area (Å²) in [6.07, 6.45) is 2.09. The highest BCUT2D eigenvalue weighted by Gasteiger charge is 2.26. The Labute approximate surface area is 145 Å². The third-order valence-corrected chi connectivity index (χ3v) is 4.74. The van der Waals surface area contributed by atoms with Crippen LogP contribution in [0.1, 0.15) is 35.6 Å². The number of nitrogens with zero attached hydrogens (tertiary/aromatic N) is 2. The molecule has 1 N–H and O–H groups in total. The minimum Gasteiger partial charge on any atom is -0.480 e. The number of ether oxygens (including phenoxy) is 1. The average molecular weight is 334 g/mol. The predicted molar refractivity (Wildman–Crippen MR) is 95.4 cm³/mol. The molecule has 5 nitrogen and oxygen atoms in total. The molecule has 1 aliphatic heterocycles. The van der Waals surface area contributed by atoms with Crippen LogP contribution in [0.2, 0.25) is 0 Å². The van der Waals surface area contributed by atoms with Crippen LogP contribution in [0.3, 0.4) is 0 Å². The Morgan fingerprint density at radius 1 is 1.29 bits per heavy atom. The average Bonchev–Trinajstić information content (AvgIpc) is 2.56. The number of hydrogen-bond donors (Lipinski definition) is 1. The van der Waals surface area contributed by atoms with Crippen molar-refractivity contribution in [2.75, 3.05) is 46.4 Å². The summed E-state index contributed by atoms with van der Waals surface area (Å²) in [5.41, 5.74) is 3.04. The molecule has 1 atom stereocenters. The standard InChI is InChI=1S/C19H30N2O3/c1-15-6-7-16(2)17(14-15)18(19(22)23)20(3)8-4-5-9-21-10-12-24-13-11-21/h6-7,14,18H,4-5,8-13H2,1-3H3,(H,22,23)/t18-/m1/s1. The zero-order valence-corrected chi connectivity index (χ0v) is 15.1. The van der Waals surface area contributed by atoms with E-state index in [1.165, 1.54) is 0 Å². The lowest BCUT2D eigenvalue weighted by molar-refractivity contribution is -0.143. The molecule has 134 valence electrons. The molecule has 5 heteroatoms. The van der Waals surface area contributed by atoms with Crippen molar-refractivity contribution in [3.05, 3.63) is 34.9 Å². The van der Waals surface area contributed by atoms with E-state index >= 15 is 0 Å². The summed E-state index contributed by atoms with van der Waals surface area (Å²) < 4.78 is 5.36. The molecule has 0 unspecified atom stereocenters. The van der Waals surface area contributed by atoms with Crippen molar-refractivity contribution < 1.29 is 14.6 Å². The maximum Gasteiger partial charge on any atom is 0.325 e. The van der Waals surface area contributed by atoms with Gasteiger partial charge in [0.05, 0.1) is 13.2 Å². The van der Waals surface area contributed by atoms with Gasteiger partial charge in [0.25, 0.3) is 0 Å². The zero-order valence-electron chi connectivity index (χ0n) is 15.1. The Hall–Kier alpha value is -1.43. The largest absolute Gasteiger partial charge is 0.480 e. The molecule has 1 fully saturated rings. The summed E-state index contributed by atoms with van der Waals surface area (Å²) >= 11 is 0. The number of likely N-dealkylation sites (N-methyl/N-ethyl adjacent to an activating group) is 1. The van der Waals surface area contributed by atoms with Crippen LogP contribution < -0.4 is 0 Å². The van der Waals surface area contributed by atoms with Gasteiger partial charge in [0.2, 0.25) is 0 Å². The number of hydrogen-bond acceptors (Lipinski definition) is 4. The van der Waals surface area contributed by atoms with Gasteiger partial charge >= 0.3 is 5.97 Å². The number of unbranched alkanes of at least 4 members (excludes halogenated alkanes) is 1. The van der Waals surface area contributed by atoms with Gasteiger partial charge < -0.3 is 9.84 Å². The molecule has 1 aromatic carbocycles. The maximum absolute atomic E-state index is 11.8. The van der Waals surface area contributed by atoms with Crippen LogP contribution >= 0.6 is 0 Å². The molecule has 0 aliphatic carbocycles. The van der Waals surface area contributed by atoms with E-state index in [2.05, 4.69) is 4.90 Å². The van der Waals surface area contributed by atoms with Crippen molar-refractivity contribution >= 4 is 5.97 Å². The smallest absolute Gasteiger partial charge is 0.325 e. The van der Waals surface area contributed by atoms with Crippen molar-refractivity contribution in [3.63, 3.8) is 0 Å². The molecule has 1 saturated heterocycles. The molecule has 0 bridgehead atoms. The van der Waals surface area contributed by atoms with Gasteiger partial charge in [-0.05, 0) is 58.0 Å². The van der Waals surface area contributed by atoms with Crippen LogP contribution in [0.4, 0.5) is 0 Å². The number of carboxylic acids is 1. The molecule has 1 aromatic rings. The normalized spacial score (nSPS) is 17.2. The topological polar surface area (TPSA) is 53.0 Å². The van der Waals surface area contributed by atoms with E-state index in [1.807, 2.05) is 44.0 Å². The van der Waals surface area contributed by atoms with Crippen LogP contribution in [0, 0.1) is 13.8 Å². The Morgan fingerprint density at radius 2 is 2.00 bits per heavy atom. The Bertz CT molecular complexity index is 541. The molecule has 0 radical (unpaired) electrons. The molecule has 0 aromatic heterocycles. The third-order valence-electron chi connectivity index (χ3n) is 4.74. The first kappa shape index (κ1) is 18.9. The minimum atomic E-state index is -0.778. The van der Waals surface area contributed by atoms with E-state index in [1.54, 1.807) is 0 Å². The van der Waals surface area contributed by atoms with Gasteiger partial charge in [-0.25, -0.2) is 0 Å². The summed E-state index contributed by atoms with van der Waals surface area (Å²) in [6, 6.07) is 5.46. The first-order valence-corrected chi connectivity index (χ1v) is 8.79. The number of rotatable bonds is 8. The lowest BCUT2D eigenvalue weighted by atomic mass is 9.98. The highest BCUT2D eigenvalue weighted by atomic mass is 16.5. The van der Waals surface area contributed by atoms with E-state index in [-0.39, 0.29) is 0 Å². The number of benzene rings is 1. The van der Waals surface area contributed by atoms with Crippen molar-refractivity contribution in [2.24, 2.45) is 0 Å². The van der Waals surface area contributed by atoms with Crippen molar-refractivity contribution in [3.8, 4) is 0 Å². The van der Waals surface area contributed by atoms with Crippen molar-refractivity contribution in [2.45, 2.75) is 32.7 Å². The first-order chi connectivity index (χ1) is 11.5. The molecule has 0 spiro atoms. The van der Waals surface area contributed by atoms with Gasteiger partial charge in [0.15, 0.2) is 0 Å². The Balaban J connectivity index is 1.88. The molecule has 1 heterocycles. The van der Waals surface area contributed by atoms with E-state index in [0.29, 0.717) is 0 Å². The SMILES string of the molecule is Cc1ccc(C)c([C@H](C(=O)O)N(C)CCCCN2CCOCC2)c1. The molecule has 1 aliphatic rings. The van der Waals surface area contributed by atoms with Gasteiger partial charge in [0.1, 0.15) is 6.04 Å². The van der Waals surface area contributed by atoms with Gasteiger partial charge in [-0.3, -0.25) is 14.6 Å². The minimum absolute atomic E-state index is 0.576. The molecule has 2 rings (SSSR count). The van der Waals surface area contributed by atoms with Gasteiger partial charge in [-0.2, -0.15) is 0 Å². The number of morpholine rings is 1. The second kappa shape index (κ2) is 9.16. The third kappa shape index (κ3) is 5.30. The van der Waals surface area contributed by atoms with Gasteiger partial charge in [0, 0.05) is 13.1 Å². The fraction of sp³-hybridized carbons (Fsp3) is 0.632. The summed E-state index contributed by atoms with van der Waals surface area (Å²) in [6.45, 7) is 9.52.